The predicted molar refractivity (Wildman–Crippen MR) is 41.4 cm³/mol. The van der Waals surface area contributed by atoms with Gasteiger partial charge in [-0.15, -0.1) is 0 Å². The van der Waals surface area contributed by atoms with Crippen molar-refractivity contribution in [2.45, 2.75) is 0 Å². The van der Waals surface area contributed by atoms with Crippen LogP contribution in [0.4, 0.5) is 0 Å². The molecule has 0 aliphatic carbocycles. The van der Waals surface area contributed by atoms with E-state index >= 15 is 0 Å². The van der Waals surface area contributed by atoms with Crippen LogP contribution in [-0.2, 0) is 0 Å². The number of hydrogen-bond acceptors (Lipinski definition) is 3. The van der Waals surface area contributed by atoms with E-state index in [2.05, 4.69) is 27.0 Å². The van der Waals surface area contributed by atoms with E-state index in [-0.39, 0.29) is 0 Å². The fraction of sp³-hybridized carbons (Fsp3) is 0.250. The highest BCUT2D eigenvalue weighted by Crippen LogP contribution is 2.16. The van der Waals surface area contributed by atoms with Crippen molar-refractivity contribution in [2.24, 2.45) is 0 Å². The van der Waals surface area contributed by atoms with Gasteiger partial charge in [0.2, 0.25) is 5.88 Å². The third kappa shape index (κ3) is 1.32. The van der Waals surface area contributed by atoms with E-state index in [0.29, 0.717) is 5.88 Å². The monoisotopic (exact) mass is 241 g/mol. The van der Waals surface area contributed by atoms with Gasteiger partial charge in [0.05, 0.1) is 9.99 Å². The average molecular weight is 241 g/mol. The van der Waals surface area contributed by atoms with E-state index in [9.17, 15) is 0 Å². The van der Waals surface area contributed by atoms with Crippen LogP contribution in [0.2, 0.25) is 0 Å². The van der Waals surface area contributed by atoms with E-state index in [1.165, 1.54) is 11.5 Å². The summed E-state index contributed by atoms with van der Waals surface area (Å²) in [4.78, 5) is 0. The van der Waals surface area contributed by atoms with Gasteiger partial charge >= 0.3 is 0 Å². The van der Waals surface area contributed by atoms with Crippen LogP contribution >= 0.6 is 34.1 Å². The maximum absolute atomic E-state index is 4.83. The first-order valence-corrected chi connectivity index (χ1v) is 3.84. The summed E-state index contributed by atoms with van der Waals surface area (Å²) >= 11 is 3.64. The zero-order valence-electron chi connectivity index (χ0n) is 4.22. The van der Waals surface area contributed by atoms with E-state index in [4.69, 9.17) is 4.74 Å². The second-order valence-electron chi connectivity index (χ2n) is 1.17. The highest BCUT2D eigenvalue weighted by Gasteiger charge is 1.94. The van der Waals surface area contributed by atoms with Gasteiger partial charge < -0.3 is 4.74 Å². The zero-order chi connectivity index (χ0) is 5.98. The van der Waals surface area contributed by atoms with Crippen molar-refractivity contribution < 1.29 is 4.74 Å². The van der Waals surface area contributed by atoms with Gasteiger partial charge in [-0.05, 0) is 34.1 Å². The van der Waals surface area contributed by atoms with E-state index in [1.54, 1.807) is 7.11 Å². The van der Waals surface area contributed by atoms with Gasteiger partial charge in [0.25, 0.3) is 0 Å². The number of hydrogen-bond donors (Lipinski definition) is 0. The van der Waals surface area contributed by atoms with Crippen molar-refractivity contribution in [3.63, 3.8) is 0 Å². The number of methoxy groups -OCH3 is 1. The highest BCUT2D eigenvalue weighted by atomic mass is 127. The molecular weight excluding hydrogens is 237 g/mol. The molecule has 1 heterocycles. The molecule has 0 atom stereocenters. The Hall–Kier alpha value is 0.160. The molecule has 4 heteroatoms. The molecule has 1 aromatic heterocycles. The number of ether oxygens (including phenoxy) is 1. The molecule has 0 N–H and O–H groups in total. The fourth-order valence-electron chi connectivity index (χ4n) is 0.335. The predicted octanol–water partition coefficient (Wildman–Crippen LogP) is 1.76. The molecule has 0 unspecified atom stereocenters. The van der Waals surface area contributed by atoms with Crippen LogP contribution in [0.1, 0.15) is 0 Å². The molecule has 2 nitrogen and oxygen atoms in total. The van der Waals surface area contributed by atoms with Crippen molar-refractivity contribution in [3.05, 3.63) is 8.95 Å². The molecule has 0 bridgehead atoms. The maximum Gasteiger partial charge on any atom is 0.225 e. The Bertz CT molecular complexity index is 176. The molecule has 0 spiro atoms. The summed E-state index contributed by atoms with van der Waals surface area (Å²) < 4.78 is 9.93. The normalized spacial score (nSPS) is 9.25. The summed E-state index contributed by atoms with van der Waals surface area (Å²) in [6, 6.07) is 1.89. The van der Waals surface area contributed by atoms with Gasteiger partial charge in [-0.3, -0.25) is 0 Å². The van der Waals surface area contributed by atoms with Gasteiger partial charge in [-0.1, -0.05) is 0 Å². The minimum Gasteiger partial charge on any atom is -0.480 e. The van der Waals surface area contributed by atoms with Crippen LogP contribution in [0.3, 0.4) is 0 Å². The van der Waals surface area contributed by atoms with E-state index in [0.717, 1.165) is 2.88 Å². The third-order valence-electron chi connectivity index (χ3n) is 0.669. The topological polar surface area (TPSA) is 22.1 Å². The van der Waals surface area contributed by atoms with Crippen LogP contribution in [0.15, 0.2) is 6.07 Å². The molecule has 1 rings (SSSR count). The van der Waals surface area contributed by atoms with Gasteiger partial charge in [-0.2, -0.15) is 4.37 Å². The number of aromatic nitrogens is 1. The molecule has 0 saturated heterocycles. The van der Waals surface area contributed by atoms with Crippen LogP contribution in [0, 0.1) is 2.88 Å². The van der Waals surface area contributed by atoms with Crippen molar-refractivity contribution in [1.29, 1.82) is 0 Å². The molecule has 44 valence electrons. The molecule has 0 aliphatic heterocycles. The molecule has 0 fully saturated rings. The Morgan fingerprint density at radius 1 is 1.88 bits per heavy atom. The molecule has 0 saturated carbocycles. The molecular formula is C4H4INOS. The SMILES string of the molecule is COc1cc(I)sn1. The summed E-state index contributed by atoms with van der Waals surface area (Å²) in [6.07, 6.45) is 0. The number of nitrogens with zero attached hydrogens (tertiary/aromatic N) is 1. The van der Waals surface area contributed by atoms with Crippen molar-refractivity contribution in [1.82, 2.24) is 4.37 Å². The molecule has 0 amide bonds. The number of halogens is 1. The van der Waals surface area contributed by atoms with Crippen LogP contribution in [0.5, 0.6) is 5.88 Å². The fourth-order valence-corrected chi connectivity index (χ4v) is 1.35. The molecule has 1 aromatic rings. The largest absolute Gasteiger partial charge is 0.480 e. The Morgan fingerprint density at radius 3 is 2.88 bits per heavy atom. The molecule has 0 aromatic carbocycles. The summed E-state index contributed by atoms with van der Waals surface area (Å²) in [5.41, 5.74) is 0. The highest BCUT2D eigenvalue weighted by molar-refractivity contribution is 14.1. The maximum atomic E-state index is 4.83. The minimum absolute atomic E-state index is 0.708. The van der Waals surface area contributed by atoms with E-state index in [1.807, 2.05) is 6.07 Å². The quantitative estimate of drug-likeness (QED) is 0.699. The Kier molecular flexibility index (Phi) is 2.07. The molecule has 0 radical (unpaired) electrons. The standard InChI is InChI=1S/C4H4INOS/c1-7-4-2-3(5)8-6-4/h2H,1H3. The Balaban J connectivity index is 2.84. The summed E-state index contributed by atoms with van der Waals surface area (Å²) in [5.74, 6) is 0.708. The lowest BCUT2D eigenvalue weighted by molar-refractivity contribution is 0.402. The minimum atomic E-state index is 0.708. The second-order valence-corrected chi connectivity index (χ2v) is 3.87. The van der Waals surface area contributed by atoms with Crippen LogP contribution in [0.25, 0.3) is 0 Å². The van der Waals surface area contributed by atoms with Gasteiger partial charge in [0.1, 0.15) is 0 Å². The van der Waals surface area contributed by atoms with Gasteiger partial charge in [-0.25, -0.2) is 0 Å². The first kappa shape index (κ1) is 6.28. The second kappa shape index (κ2) is 2.63. The lowest BCUT2D eigenvalue weighted by Crippen LogP contribution is -1.78. The zero-order valence-corrected chi connectivity index (χ0v) is 7.19. The van der Waals surface area contributed by atoms with Gasteiger partial charge in [0.15, 0.2) is 0 Å². The third-order valence-corrected chi connectivity index (χ3v) is 2.13. The number of rotatable bonds is 1. The van der Waals surface area contributed by atoms with Crippen LogP contribution < -0.4 is 4.74 Å². The van der Waals surface area contributed by atoms with Crippen molar-refractivity contribution in [3.8, 4) is 5.88 Å². The first-order valence-electron chi connectivity index (χ1n) is 1.99. The van der Waals surface area contributed by atoms with Crippen molar-refractivity contribution in [2.75, 3.05) is 7.11 Å². The molecule has 0 aliphatic rings. The summed E-state index contributed by atoms with van der Waals surface area (Å²) in [5, 5.41) is 0. The van der Waals surface area contributed by atoms with Crippen molar-refractivity contribution >= 4 is 34.1 Å². The van der Waals surface area contributed by atoms with E-state index < -0.39 is 0 Å². The lowest BCUT2D eigenvalue weighted by Gasteiger charge is -1.85. The van der Waals surface area contributed by atoms with Gasteiger partial charge in [0, 0.05) is 6.07 Å². The average Bonchev–Trinajstić information content (AvgIpc) is 2.14. The summed E-state index contributed by atoms with van der Waals surface area (Å²) in [6.45, 7) is 0. The summed E-state index contributed by atoms with van der Waals surface area (Å²) in [7, 11) is 1.62. The van der Waals surface area contributed by atoms with Crippen LogP contribution in [-0.4, -0.2) is 11.5 Å². The molecule has 8 heavy (non-hydrogen) atoms. The Labute approximate surface area is 65.2 Å². The smallest absolute Gasteiger partial charge is 0.225 e. The lowest BCUT2D eigenvalue weighted by atomic mass is 10.7. The first-order chi connectivity index (χ1) is 3.83. The Morgan fingerprint density at radius 2 is 2.62 bits per heavy atom.